The lowest BCUT2D eigenvalue weighted by molar-refractivity contribution is -0.116. The first-order valence-corrected chi connectivity index (χ1v) is 7.85. The van der Waals surface area contributed by atoms with Gasteiger partial charge in [-0.2, -0.15) is 0 Å². The van der Waals surface area contributed by atoms with Crippen LogP contribution >= 0.6 is 12.2 Å². The molecule has 0 spiro atoms. The third-order valence-corrected chi connectivity index (χ3v) is 3.50. The van der Waals surface area contributed by atoms with Crippen molar-refractivity contribution in [1.29, 1.82) is 0 Å². The van der Waals surface area contributed by atoms with Crippen LogP contribution in [0.3, 0.4) is 0 Å². The van der Waals surface area contributed by atoms with E-state index in [1.54, 1.807) is 6.07 Å². The van der Waals surface area contributed by atoms with Crippen LogP contribution < -0.4 is 11.1 Å². The molecule has 3 N–H and O–H groups in total. The quantitative estimate of drug-likeness (QED) is 0.532. The zero-order valence-electron chi connectivity index (χ0n) is 12.5. The van der Waals surface area contributed by atoms with Crippen LogP contribution in [0.15, 0.2) is 18.2 Å². The fraction of sp³-hybridized carbons (Fsp3) is 0.500. The van der Waals surface area contributed by atoms with E-state index in [1.165, 1.54) is 31.4 Å². The van der Waals surface area contributed by atoms with Crippen LogP contribution in [0.2, 0.25) is 0 Å². The number of hydrogen-bond acceptors (Lipinski definition) is 2. The Morgan fingerprint density at radius 3 is 2.57 bits per heavy atom. The second-order valence-electron chi connectivity index (χ2n) is 5.09. The molecule has 1 aromatic carbocycles. The van der Waals surface area contributed by atoms with Gasteiger partial charge < -0.3 is 11.1 Å². The number of benzene rings is 1. The van der Waals surface area contributed by atoms with E-state index in [0.717, 1.165) is 19.3 Å². The van der Waals surface area contributed by atoms with Crippen molar-refractivity contribution in [2.75, 3.05) is 5.32 Å². The maximum atomic E-state index is 13.7. The minimum atomic E-state index is -0.514. The Labute approximate surface area is 131 Å². The van der Waals surface area contributed by atoms with Crippen molar-refractivity contribution in [2.24, 2.45) is 5.73 Å². The van der Waals surface area contributed by atoms with Gasteiger partial charge in [-0.3, -0.25) is 4.79 Å². The molecule has 0 saturated carbocycles. The first-order chi connectivity index (χ1) is 10.1. The van der Waals surface area contributed by atoms with Gasteiger partial charge >= 0.3 is 0 Å². The standard InChI is InChI=1S/C16H23FN2OS/c1-2-3-4-5-6-7-11-14(20)19-13-10-8-9-12(17)15(13)16(18)21/h8-10H,2-7,11H2,1H3,(H2,18,21)(H,19,20). The van der Waals surface area contributed by atoms with Crippen molar-refractivity contribution >= 4 is 28.8 Å². The molecule has 116 valence electrons. The van der Waals surface area contributed by atoms with E-state index in [-0.39, 0.29) is 16.5 Å². The number of hydrogen-bond donors (Lipinski definition) is 2. The molecule has 0 heterocycles. The van der Waals surface area contributed by atoms with Gasteiger partial charge in [0.05, 0.1) is 11.3 Å². The first kappa shape index (κ1) is 17.6. The summed E-state index contributed by atoms with van der Waals surface area (Å²) in [7, 11) is 0. The summed E-state index contributed by atoms with van der Waals surface area (Å²) in [6, 6.07) is 4.41. The Hall–Kier alpha value is -1.49. The van der Waals surface area contributed by atoms with Gasteiger partial charge in [-0.05, 0) is 18.6 Å². The van der Waals surface area contributed by atoms with Crippen molar-refractivity contribution in [3.63, 3.8) is 0 Å². The van der Waals surface area contributed by atoms with Gasteiger partial charge in [-0.25, -0.2) is 4.39 Å². The van der Waals surface area contributed by atoms with Crippen LogP contribution in [0.4, 0.5) is 10.1 Å². The van der Waals surface area contributed by atoms with Crippen LogP contribution in [0, 0.1) is 5.82 Å². The van der Waals surface area contributed by atoms with E-state index in [0.29, 0.717) is 12.1 Å². The summed E-state index contributed by atoms with van der Waals surface area (Å²) >= 11 is 4.82. The topological polar surface area (TPSA) is 55.1 Å². The summed E-state index contributed by atoms with van der Waals surface area (Å²) in [4.78, 5) is 11.8. The molecular weight excluding hydrogens is 287 g/mol. The van der Waals surface area contributed by atoms with Crippen molar-refractivity contribution in [3.8, 4) is 0 Å². The summed E-state index contributed by atoms with van der Waals surface area (Å²) in [5.41, 5.74) is 5.95. The molecule has 21 heavy (non-hydrogen) atoms. The molecule has 0 radical (unpaired) electrons. The second-order valence-corrected chi connectivity index (χ2v) is 5.53. The molecule has 0 aliphatic carbocycles. The summed E-state index contributed by atoms with van der Waals surface area (Å²) in [6.45, 7) is 2.17. The number of anilines is 1. The Morgan fingerprint density at radius 1 is 1.24 bits per heavy atom. The summed E-state index contributed by atoms with van der Waals surface area (Å²) < 4.78 is 13.7. The number of rotatable bonds is 9. The molecule has 1 amide bonds. The van der Waals surface area contributed by atoms with Gasteiger partial charge in [0.25, 0.3) is 0 Å². The molecule has 0 bridgehead atoms. The first-order valence-electron chi connectivity index (χ1n) is 7.44. The van der Waals surface area contributed by atoms with Gasteiger partial charge in [-0.15, -0.1) is 0 Å². The molecule has 0 aliphatic heterocycles. The van der Waals surface area contributed by atoms with E-state index < -0.39 is 5.82 Å². The number of amides is 1. The molecule has 1 aromatic rings. The van der Waals surface area contributed by atoms with E-state index in [4.69, 9.17) is 18.0 Å². The van der Waals surface area contributed by atoms with Crippen LogP contribution in [0.1, 0.15) is 57.4 Å². The third kappa shape index (κ3) is 6.21. The number of nitrogens with two attached hydrogens (primary N) is 1. The molecule has 0 unspecified atom stereocenters. The lowest BCUT2D eigenvalue weighted by atomic mass is 10.1. The average Bonchev–Trinajstić information content (AvgIpc) is 2.42. The second kappa shape index (κ2) is 9.45. The molecule has 0 saturated heterocycles. The lowest BCUT2D eigenvalue weighted by Crippen LogP contribution is -2.18. The Balaban J connectivity index is 2.45. The summed E-state index contributed by atoms with van der Waals surface area (Å²) in [5, 5.41) is 2.69. The van der Waals surface area contributed by atoms with Gasteiger partial charge in [0.15, 0.2) is 0 Å². The highest BCUT2D eigenvalue weighted by atomic mass is 32.1. The zero-order chi connectivity index (χ0) is 15.7. The molecule has 0 aromatic heterocycles. The third-order valence-electron chi connectivity index (χ3n) is 3.29. The van der Waals surface area contributed by atoms with Crippen molar-refractivity contribution in [1.82, 2.24) is 0 Å². The molecule has 3 nitrogen and oxygen atoms in total. The molecule has 5 heteroatoms. The van der Waals surface area contributed by atoms with Gasteiger partial charge in [0.2, 0.25) is 5.91 Å². The Bertz CT molecular complexity index is 491. The number of thiocarbonyl (C=S) groups is 1. The van der Waals surface area contributed by atoms with Crippen LogP contribution in [-0.2, 0) is 4.79 Å². The van der Waals surface area contributed by atoms with Crippen molar-refractivity contribution in [3.05, 3.63) is 29.6 Å². The highest BCUT2D eigenvalue weighted by Crippen LogP contribution is 2.19. The number of nitrogens with one attached hydrogen (secondary N) is 1. The molecule has 1 rings (SSSR count). The SMILES string of the molecule is CCCCCCCCC(=O)Nc1cccc(F)c1C(N)=S. The Morgan fingerprint density at radius 2 is 1.90 bits per heavy atom. The number of unbranched alkanes of at least 4 members (excludes halogenated alkanes) is 5. The van der Waals surface area contributed by atoms with Crippen LogP contribution in [-0.4, -0.2) is 10.9 Å². The summed E-state index contributed by atoms with van der Waals surface area (Å²) in [6.07, 6.45) is 7.13. The fourth-order valence-corrected chi connectivity index (χ4v) is 2.36. The normalized spacial score (nSPS) is 10.4. The van der Waals surface area contributed by atoms with Gasteiger partial charge in [0.1, 0.15) is 10.8 Å². The highest BCUT2D eigenvalue weighted by molar-refractivity contribution is 7.80. The molecule has 0 atom stereocenters. The molecular formula is C16H23FN2OS. The largest absolute Gasteiger partial charge is 0.389 e. The van der Waals surface area contributed by atoms with Crippen LogP contribution in [0.5, 0.6) is 0 Å². The minimum absolute atomic E-state index is 0.0528. The monoisotopic (exact) mass is 310 g/mol. The average molecular weight is 310 g/mol. The van der Waals surface area contributed by atoms with E-state index in [9.17, 15) is 9.18 Å². The van der Waals surface area contributed by atoms with Crippen LogP contribution in [0.25, 0.3) is 0 Å². The Kier molecular flexibility index (Phi) is 7.90. The lowest BCUT2D eigenvalue weighted by Gasteiger charge is -2.10. The molecule has 0 fully saturated rings. The number of carbonyl (C=O) groups is 1. The molecule has 0 aliphatic rings. The maximum absolute atomic E-state index is 13.7. The van der Waals surface area contributed by atoms with Gasteiger partial charge in [-0.1, -0.05) is 57.3 Å². The van der Waals surface area contributed by atoms with Crippen molar-refractivity contribution < 1.29 is 9.18 Å². The zero-order valence-corrected chi connectivity index (χ0v) is 13.3. The van der Waals surface area contributed by atoms with E-state index >= 15 is 0 Å². The van der Waals surface area contributed by atoms with Gasteiger partial charge in [0, 0.05) is 6.42 Å². The van der Waals surface area contributed by atoms with E-state index in [1.807, 2.05) is 0 Å². The van der Waals surface area contributed by atoms with E-state index in [2.05, 4.69) is 12.2 Å². The smallest absolute Gasteiger partial charge is 0.224 e. The predicted molar refractivity (Wildman–Crippen MR) is 88.9 cm³/mol. The minimum Gasteiger partial charge on any atom is -0.389 e. The number of halogens is 1. The predicted octanol–water partition coefficient (Wildman–Crippen LogP) is 4.15. The maximum Gasteiger partial charge on any atom is 0.224 e. The fourth-order valence-electron chi connectivity index (χ4n) is 2.16. The van der Waals surface area contributed by atoms with Crippen molar-refractivity contribution in [2.45, 2.75) is 51.9 Å². The highest BCUT2D eigenvalue weighted by Gasteiger charge is 2.13. The number of carbonyl (C=O) groups excluding carboxylic acids is 1. The summed E-state index contributed by atoms with van der Waals surface area (Å²) in [5.74, 6) is -0.645.